The Labute approximate surface area is 186 Å². The van der Waals surface area contributed by atoms with Gasteiger partial charge in [-0.1, -0.05) is 19.6 Å². The second kappa shape index (κ2) is 11.2. The number of amides is 1. The number of nitrogens with one attached hydrogen (secondary N) is 1. The first kappa shape index (κ1) is 25.7. The minimum atomic E-state index is -0.430. The molecule has 0 bridgehead atoms. The second-order valence-corrected chi connectivity index (χ2v) is 6.54. The molecule has 31 heavy (non-hydrogen) atoms. The van der Waals surface area contributed by atoms with Gasteiger partial charge >= 0.3 is 5.69 Å². The summed E-state index contributed by atoms with van der Waals surface area (Å²) in [6.07, 6.45) is 3.40. The molecule has 0 saturated heterocycles. The van der Waals surface area contributed by atoms with Gasteiger partial charge in [-0.3, -0.25) is 4.79 Å². The molecular weight excluding hydrogens is 423 g/mol. The highest BCUT2D eigenvalue weighted by Gasteiger charge is 2.12. The summed E-state index contributed by atoms with van der Waals surface area (Å²) in [5, 5.41) is 6.73. The van der Waals surface area contributed by atoms with Gasteiger partial charge in [-0.15, -0.1) is 12.4 Å². The molecule has 3 N–H and O–H groups in total. The number of hydrogen-bond donors (Lipinski definition) is 2. The third-order valence-corrected chi connectivity index (χ3v) is 4.32. The maximum atomic E-state index is 12.7. The third kappa shape index (κ3) is 5.87. The molecule has 0 saturated carbocycles. The van der Waals surface area contributed by atoms with Crippen LogP contribution < -0.4 is 16.7 Å². The minimum Gasteiger partial charge on any atom is -0.327 e. The second-order valence-electron chi connectivity index (χ2n) is 6.54. The van der Waals surface area contributed by atoms with Gasteiger partial charge in [0.05, 0.1) is 12.9 Å². The number of benzene rings is 1. The fourth-order valence-electron chi connectivity index (χ4n) is 2.85. The monoisotopic (exact) mass is 448 g/mol. The molecule has 10 heteroatoms. The molecule has 0 atom stereocenters. The molecule has 0 unspecified atom stereocenters. The van der Waals surface area contributed by atoms with E-state index in [9.17, 15) is 14.0 Å². The van der Waals surface area contributed by atoms with Crippen LogP contribution in [0.15, 0.2) is 59.6 Å². The number of rotatable bonds is 6. The van der Waals surface area contributed by atoms with E-state index in [1.807, 2.05) is 37.3 Å². The van der Waals surface area contributed by atoms with Gasteiger partial charge in [0.2, 0.25) is 5.91 Å². The molecule has 0 aliphatic heterocycles. The van der Waals surface area contributed by atoms with Crippen molar-refractivity contribution in [3.8, 4) is 16.9 Å². The Kier molecular flexibility index (Phi) is 9.29. The third-order valence-electron chi connectivity index (χ3n) is 4.32. The fourth-order valence-corrected chi connectivity index (χ4v) is 2.85. The Morgan fingerprint density at radius 2 is 1.94 bits per heavy atom. The zero-order valence-corrected chi connectivity index (χ0v) is 17.3. The van der Waals surface area contributed by atoms with Gasteiger partial charge in [0.15, 0.2) is 0 Å². The van der Waals surface area contributed by atoms with E-state index in [2.05, 4.69) is 15.4 Å². The van der Waals surface area contributed by atoms with Crippen LogP contribution in [0.5, 0.6) is 0 Å². The van der Waals surface area contributed by atoms with Gasteiger partial charge in [-0.05, 0) is 41.8 Å². The number of nitrogens with two attached hydrogens (primary N) is 1. The lowest BCUT2D eigenvalue weighted by Crippen LogP contribution is -2.26. The summed E-state index contributed by atoms with van der Waals surface area (Å²) >= 11 is 0. The highest BCUT2D eigenvalue weighted by Crippen LogP contribution is 2.23. The molecule has 0 radical (unpaired) electrons. The first-order valence-corrected chi connectivity index (χ1v) is 8.90. The maximum absolute atomic E-state index is 12.7. The standard InChI is InChI=1S/C20H21FN6O2.CH4.ClH/c1-13-7-17(16-3-5-18(6-4-16)25-14(2)28)10-23-19(13)26-12-24-27(20(26)29)11-15(8-21)9-22;;/h3-8,10,12H,9,11,22H2,1-2H3,(H,25,28);1H4;1H/b15-8+;;. The van der Waals surface area contributed by atoms with Crippen LogP contribution in [-0.4, -0.2) is 31.8 Å². The first-order valence-electron chi connectivity index (χ1n) is 8.90. The number of pyridine rings is 1. The summed E-state index contributed by atoms with van der Waals surface area (Å²) in [4.78, 5) is 28.1. The predicted octanol–water partition coefficient (Wildman–Crippen LogP) is 3.23. The Morgan fingerprint density at radius 3 is 2.48 bits per heavy atom. The SMILES string of the molecule is C.CC(=O)Nc1ccc(-c2cnc(-n3cnn(C/C(=C/F)CN)c3=O)c(C)c2)cc1.Cl. The van der Waals surface area contributed by atoms with Gasteiger partial charge in [0.1, 0.15) is 12.1 Å². The summed E-state index contributed by atoms with van der Waals surface area (Å²) in [6, 6.07) is 9.28. The van der Waals surface area contributed by atoms with Crippen molar-refractivity contribution in [3.05, 3.63) is 70.8 Å². The van der Waals surface area contributed by atoms with Crippen LogP contribution in [0.2, 0.25) is 0 Å². The van der Waals surface area contributed by atoms with Crippen LogP contribution in [0.1, 0.15) is 19.9 Å². The Balaban J connectivity index is 0.00000240. The van der Waals surface area contributed by atoms with Crippen LogP contribution in [0.3, 0.4) is 0 Å². The van der Waals surface area contributed by atoms with E-state index in [1.54, 1.807) is 6.20 Å². The van der Waals surface area contributed by atoms with E-state index in [0.29, 0.717) is 17.8 Å². The topological polar surface area (TPSA) is 108 Å². The normalized spacial score (nSPS) is 10.8. The molecule has 2 aromatic heterocycles. The molecule has 0 aliphatic carbocycles. The lowest BCUT2D eigenvalue weighted by molar-refractivity contribution is -0.114. The minimum absolute atomic E-state index is 0. The van der Waals surface area contributed by atoms with E-state index >= 15 is 0 Å². The van der Waals surface area contributed by atoms with Crippen molar-refractivity contribution in [2.45, 2.75) is 27.8 Å². The van der Waals surface area contributed by atoms with Crippen LogP contribution in [0.25, 0.3) is 16.9 Å². The summed E-state index contributed by atoms with van der Waals surface area (Å²) in [5.74, 6) is 0.310. The number of halogens is 2. The Hall–Kier alpha value is -3.30. The lowest BCUT2D eigenvalue weighted by Gasteiger charge is -2.09. The van der Waals surface area contributed by atoms with Gasteiger partial charge in [0.25, 0.3) is 0 Å². The van der Waals surface area contributed by atoms with Gasteiger partial charge in [-0.25, -0.2) is 23.4 Å². The molecule has 1 aromatic carbocycles. The average molecular weight is 449 g/mol. The first-order chi connectivity index (χ1) is 13.9. The van der Waals surface area contributed by atoms with E-state index in [-0.39, 0.29) is 44.4 Å². The van der Waals surface area contributed by atoms with E-state index in [1.165, 1.54) is 17.8 Å². The van der Waals surface area contributed by atoms with Crippen molar-refractivity contribution in [1.82, 2.24) is 19.3 Å². The maximum Gasteiger partial charge on any atom is 0.351 e. The molecule has 0 fully saturated rings. The van der Waals surface area contributed by atoms with Crippen LogP contribution in [-0.2, 0) is 11.3 Å². The van der Waals surface area contributed by atoms with E-state index < -0.39 is 5.69 Å². The fraction of sp³-hybridized carbons (Fsp3) is 0.238. The molecule has 3 aromatic rings. The molecule has 166 valence electrons. The number of nitrogens with zero attached hydrogens (tertiary/aromatic N) is 4. The largest absolute Gasteiger partial charge is 0.351 e. The Bertz CT molecular complexity index is 1120. The average Bonchev–Trinajstić information content (AvgIpc) is 3.06. The number of anilines is 1. The van der Waals surface area contributed by atoms with Gasteiger partial charge in [-0.2, -0.15) is 5.10 Å². The van der Waals surface area contributed by atoms with Crippen molar-refractivity contribution >= 4 is 24.0 Å². The smallest absolute Gasteiger partial charge is 0.327 e. The summed E-state index contributed by atoms with van der Waals surface area (Å²) in [6.45, 7) is 3.28. The number of aromatic nitrogens is 4. The number of aryl methyl sites for hydroxylation is 1. The highest BCUT2D eigenvalue weighted by molar-refractivity contribution is 5.89. The summed E-state index contributed by atoms with van der Waals surface area (Å²) < 4.78 is 15.2. The Morgan fingerprint density at radius 1 is 1.26 bits per heavy atom. The highest BCUT2D eigenvalue weighted by atomic mass is 35.5. The van der Waals surface area contributed by atoms with Gasteiger partial charge < -0.3 is 11.1 Å². The van der Waals surface area contributed by atoms with E-state index in [0.717, 1.165) is 21.4 Å². The number of carbonyl (C=O) groups is 1. The number of hydrogen-bond acceptors (Lipinski definition) is 5. The lowest BCUT2D eigenvalue weighted by atomic mass is 10.1. The van der Waals surface area contributed by atoms with Crippen molar-refractivity contribution in [3.63, 3.8) is 0 Å². The van der Waals surface area contributed by atoms with Crippen molar-refractivity contribution in [1.29, 1.82) is 0 Å². The predicted molar refractivity (Wildman–Crippen MR) is 122 cm³/mol. The van der Waals surface area contributed by atoms with Crippen LogP contribution >= 0.6 is 12.4 Å². The molecule has 0 aliphatic rings. The zero-order chi connectivity index (χ0) is 21.0. The van der Waals surface area contributed by atoms with Crippen molar-refractivity contribution < 1.29 is 9.18 Å². The molecule has 2 heterocycles. The molecular formula is C21H26ClFN6O2. The zero-order valence-electron chi connectivity index (χ0n) is 16.5. The number of carbonyl (C=O) groups excluding carboxylic acids is 1. The van der Waals surface area contributed by atoms with Crippen molar-refractivity contribution in [2.75, 3.05) is 11.9 Å². The van der Waals surface area contributed by atoms with Crippen LogP contribution in [0, 0.1) is 6.92 Å². The van der Waals surface area contributed by atoms with Crippen LogP contribution in [0.4, 0.5) is 10.1 Å². The van der Waals surface area contributed by atoms with Gasteiger partial charge in [0, 0.05) is 30.9 Å². The van der Waals surface area contributed by atoms with E-state index in [4.69, 9.17) is 5.73 Å². The van der Waals surface area contributed by atoms with Crippen molar-refractivity contribution in [2.24, 2.45) is 5.73 Å². The molecule has 0 spiro atoms. The molecule has 1 amide bonds. The molecule has 3 rings (SSSR count). The quantitative estimate of drug-likeness (QED) is 0.601. The summed E-state index contributed by atoms with van der Waals surface area (Å²) in [5.41, 5.74) is 8.54. The summed E-state index contributed by atoms with van der Waals surface area (Å²) in [7, 11) is 0. The molecule has 8 nitrogen and oxygen atoms in total.